The van der Waals surface area contributed by atoms with Crippen LogP contribution in [0.5, 0.6) is 5.75 Å². The summed E-state index contributed by atoms with van der Waals surface area (Å²) in [5.41, 5.74) is -4.55. The van der Waals surface area contributed by atoms with Crippen LogP contribution in [0.2, 0.25) is 5.02 Å². The minimum atomic E-state index is -2.03. The van der Waals surface area contributed by atoms with Crippen molar-refractivity contribution in [3.05, 3.63) is 56.8 Å². The fourth-order valence-electron chi connectivity index (χ4n) is 9.23. The number of ketones is 2. The molecule has 0 bridgehead atoms. The van der Waals surface area contributed by atoms with Gasteiger partial charge in [-0.25, -0.2) is 4.39 Å². The molecule has 0 amide bonds. The number of rotatable bonds is 6. The fraction of sp³-hybridized carbons (Fsp3) is 0.556. The molecule has 0 radical (unpaired) electrons. The minimum absolute atomic E-state index is 0.0769. The molecule has 8 nitrogen and oxygen atoms in total. The highest BCUT2D eigenvalue weighted by molar-refractivity contribution is 14.1. The summed E-state index contributed by atoms with van der Waals surface area (Å²) in [6.45, 7) is 6.55. The van der Waals surface area contributed by atoms with Gasteiger partial charge in [-0.05, 0) is 97.9 Å². The molecule has 6 rings (SSSR count). The Labute approximate surface area is 293 Å². The van der Waals surface area contributed by atoms with E-state index in [1.807, 2.05) is 49.4 Å². The topological polar surface area (TPSA) is 134 Å². The first-order chi connectivity index (χ1) is 22.1. The van der Waals surface area contributed by atoms with Gasteiger partial charge in [0, 0.05) is 40.7 Å². The number of nitrogens with zero attached hydrogens (tertiary/aromatic N) is 1. The van der Waals surface area contributed by atoms with Crippen LogP contribution in [0.15, 0.2) is 48.2 Å². The minimum Gasteiger partial charge on any atom is -0.505 e. The number of allylic oxidation sites excluding steroid dienone is 4. The van der Waals surface area contributed by atoms with Crippen LogP contribution in [0, 0.1) is 32.2 Å². The van der Waals surface area contributed by atoms with Crippen molar-refractivity contribution in [2.45, 2.75) is 90.0 Å². The number of alkyl halides is 1. The maximum absolute atomic E-state index is 17.3. The molecule has 3 N–H and O–H groups in total. The number of halogens is 3. The smallest absolute Gasteiger partial charge is 0.306 e. The Morgan fingerprint density at radius 2 is 1.98 bits per heavy atom. The summed E-state index contributed by atoms with van der Waals surface area (Å²) in [5, 5.41) is 32.4. The van der Waals surface area contributed by atoms with Crippen LogP contribution in [0.25, 0.3) is 10.9 Å². The number of aromatic nitrogens is 1. The van der Waals surface area contributed by atoms with E-state index in [4.69, 9.17) is 16.3 Å². The Morgan fingerprint density at radius 1 is 1.26 bits per heavy atom. The van der Waals surface area contributed by atoms with Crippen molar-refractivity contribution in [2.24, 2.45) is 28.6 Å². The highest BCUT2D eigenvalue weighted by atomic mass is 127. The van der Waals surface area contributed by atoms with Gasteiger partial charge in [-0.15, -0.1) is 0 Å². The van der Waals surface area contributed by atoms with Crippen molar-refractivity contribution in [2.75, 3.05) is 6.61 Å². The molecule has 1 aromatic heterocycles. The highest BCUT2D eigenvalue weighted by Crippen LogP contribution is 2.71. The lowest BCUT2D eigenvalue weighted by molar-refractivity contribution is -0.228. The number of Topliss-reactive ketones (excluding diaryl/α,β-unsaturated/α-hetero) is 1. The van der Waals surface area contributed by atoms with Crippen molar-refractivity contribution in [3.63, 3.8) is 0 Å². The van der Waals surface area contributed by atoms with E-state index in [-0.39, 0.29) is 30.3 Å². The number of fused-ring (bicyclic) bond motifs is 6. The van der Waals surface area contributed by atoms with Crippen molar-refractivity contribution in [1.29, 1.82) is 0 Å². The van der Waals surface area contributed by atoms with Crippen molar-refractivity contribution in [3.8, 4) is 5.75 Å². The number of pyridine rings is 1. The Hall–Kier alpha value is -2.41. The van der Waals surface area contributed by atoms with Gasteiger partial charge in [-0.3, -0.25) is 19.4 Å². The number of esters is 1. The summed E-state index contributed by atoms with van der Waals surface area (Å²) in [4.78, 5) is 42.2. The van der Waals surface area contributed by atoms with E-state index in [0.717, 1.165) is 11.8 Å². The van der Waals surface area contributed by atoms with Gasteiger partial charge in [0.2, 0.25) is 5.78 Å². The number of carbonyl (C=O) groups excluding carboxylic acids is 3. The second-order valence-electron chi connectivity index (χ2n) is 13.9. The number of aliphatic hydroxyl groups is 2. The Bertz CT molecular complexity index is 1670. The standard InChI is InChI=1S/C27H37FO6.C9H5ClINO/c1-5-6-7-23(33)34-27(22(32)15-29)16(2)12-20-19-9-8-17-13-18(30)10-11-24(17,3)26(19,28)21(31)14-25(20,27)4;10-6-4-7(11)9(13)8-5(6)2-1-3-12-8/h10-11,13,16,19-21,29,31H,5-9,12,14-15H2,1-4H3;1-4,13H/t16-,19-,20-,21-,24-,25-,26?,27-;/m0./s1. The molecular weight excluding hydrogens is 740 g/mol. The zero-order valence-electron chi connectivity index (χ0n) is 27.1. The maximum Gasteiger partial charge on any atom is 0.306 e. The van der Waals surface area contributed by atoms with Gasteiger partial charge in [-0.1, -0.05) is 50.4 Å². The number of aromatic hydroxyl groups is 1. The van der Waals surface area contributed by atoms with Crippen molar-refractivity contribution < 1.29 is 38.8 Å². The summed E-state index contributed by atoms with van der Waals surface area (Å²) in [6, 6.07) is 5.35. The van der Waals surface area contributed by atoms with E-state index in [1.165, 1.54) is 12.2 Å². The molecule has 0 saturated heterocycles. The lowest BCUT2D eigenvalue weighted by Crippen LogP contribution is -2.70. The lowest BCUT2D eigenvalue weighted by Gasteiger charge is -2.62. The molecule has 2 aromatic rings. The zero-order valence-corrected chi connectivity index (χ0v) is 30.0. The number of unbranched alkanes of at least 4 members (excludes halogenated alkanes) is 1. The van der Waals surface area contributed by atoms with Crippen LogP contribution in [0.4, 0.5) is 4.39 Å². The Morgan fingerprint density at radius 3 is 2.66 bits per heavy atom. The van der Waals surface area contributed by atoms with Crippen molar-refractivity contribution in [1.82, 2.24) is 4.98 Å². The first kappa shape index (κ1) is 35.9. The predicted molar refractivity (Wildman–Crippen MR) is 184 cm³/mol. The Kier molecular flexibility index (Phi) is 10.0. The summed E-state index contributed by atoms with van der Waals surface area (Å²) in [6.07, 6.45) is 7.55. The Balaban J connectivity index is 0.000000277. The summed E-state index contributed by atoms with van der Waals surface area (Å²) in [7, 11) is 0. The second kappa shape index (κ2) is 13.1. The largest absolute Gasteiger partial charge is 0.505 e. The van der Waals surface area contributed by atoms with E-state index >= 15 is 4.39 Å². The molecule has 8 atom stereocenters. The van der Waals surface area contributed by atoms with Crippen molar-refractivity contribution >= 4 is 62.6 Å². The first-order valence-electron chi connectivity index (χ1n) is 16.2. The predicted octanol–water partition coefficient (Wildman–Crippen LogP) is 6.84. The SMILES string of the molecule is CCCCC(=O)O[C@]1(C(=O)CO)[C@@H](C)C[C@H]2[C@@H]3CCC4=CC(=O)C=C[C@]4(C)C3(F)[C@@H](O)C[C@@]21C.Oc1c(I)cc(Cl)c2cccnc12. The molecule has 11 heteroatoms. The highest BCUT2D eigenvalue weighted by Gasteiger charge is 2.77. The zero-order chi connectivity index (χ0) is 34.5. The molecule has 0 spiro atoms. The molecule has 1 aromatic carbocycles. The van der Waals surface area contributed by atoms with Crippen LogP contribution in [-0.4, -0.2) is 61.8 Å². The third-order valence-electron chi connectivity index (χ3n) is 11.5. The van der Waals surface area contributed by atoms with Gasteiger partial charge in [0.1, 0.15) is 12.1 Å². The van der Waals surface area contributed by atoms with E-state index in [1.54, 1.807) is 31.3 Å². The van der Waals surface area contributed by atoms with Gasteiger partial charge in [0.05, 0.1) is 14.7 Å². The summed E-state index contributed by atoms with van der Waals surface area (Å²) in [5.74, 6) is -2.43. The lowest BCUT2D eigenvalue weighted by atomic mass is 9.44. The van der Waals surface area contributed by atoms with E-state index in [0.29, 0.717) is 45.4 Å². The van der Waals surface area contributed by atoms with Crippen LogP contribution in [0.1, 0.15) is 72.6 Å². The molecule has 1 unspecified atom stereocenters. The third kappa shape index (κ3) is 5.45. The fourth-order valence-corrected chi connectivity index (χ4v) is 10.2. The first-order valence-corrected chi connectivity index (χ1v) is 17.7. The van der Waals surface area contributed by atoms with E-state index in [9.17, 15) is 29.7 Å². The normalized spacial score (nSPS) is 35.6. The number of ether oxygens (including phenoxy) is 1. The van der Waals surface area contributed by atoms with Gasteiger partial charge in [0.15, 0.2) is 22.8 Å². The second-order valence-corrected chi connectivity index (χ2v) is 15.5. The number of carbonyl (C=O) groups is 3. The maximum atomic E-state index is 17.3. The number of aliphatic hydroxyl groups excluding tert-OH is 2. The quantitative estimate of drug-likeness (QED) is 0.215. The number of phenolic OH excluding ortho intramolecular Hbond substituents is 1. The molecule has 0 aliphatic heterocycles. The van der Waals surface area contributed by atoms with Crippen LogP contribution in [-0.2, 0) is 19.1 Å². The summed E-state index contributed by atoms with van der Waals surface area (Å²) >= 11 is 8.00. The van der Waals surface area contributed by atoms with E-state index in [2.05, 4.69) is 4.98 Å². The van der Waals surface area contributed by atoms with Crippen LogP contribution >= 0.6 is 34.2 Å². The number of benzene rings is 1. The molecule has 47 heavy (non-hydrogen) atoms. The molecule has 3 fully saturated rings. The average Bonchev–Trinajstić information content (AvgIpc) is 3.25. The molecular formula is C36H42ClFINO7. The van der Waals surface area contributed by atoms with Gasteiger partial charge in [-0.2, -0.15) is 0 Å². The molecule has 1 heterocycles. The molecule has 4 aliphatic rings. The van der Waals surface area contributed by atoms with Crippen LogP contribution in [0.3, 0.4) is 0 Å². The monoisotopic (exact) mass is 781 g/mol. The van der Waals surface area contributed by atoms with Gasteiger partial charge >= 0.3 is 5.97 Å². The molecule has 254 valence electrons. The van der Waals surface area contributed by atoms with Gasteiger partial charge in [0.25, 0.3) is 0 Å². The van der Waals surface area contributed by atoms with Crippen LogP contribution < -0.4 is 0 Å². The average molecular weight is 782 g/mol. The molecule has 3 saturated carbocycles. The third-order valence-corrected chi connectivity index (χ3v) is 12.7. The number of hydrogen-bond donors (Lipinski definition) is 3. The van der Waals surface area contributed by atoms with E-state index < -0.39 is 58.4 Å². The molecule has 4 aliphatic carbocycles. The summed E-state index contributed by atoms with van der Waals surface area (Å²) < 4.78 is 24.0. The number of hydrogen-bond acceptors (Lipinski definition) is 8. The van der Waals surface area contributed by atoms with Gasteiger partial charge < -0.3 is 20.1 Å². The number of phenols is 1.